The minimum atomic E-state index is -0.196. The van der Waals surface area contributed by atoms with E-state index in [0.29, 0.717) is 19.3 Å². The Balaban J connectivity index is 1.37. The van der Waals surface area contributed by atoms with Gasteiger partial charge in [0.15, 0.2) is 0 Å². The van der Waals surface area contributed by atoms with Crippen LogP contribution in [0.5, 0.6) is 0 Å². The number of ether oxygens (including phenoxy) is 1. The number of nitrogens with zero attached hydrogens (tertiary/aromatic N) is 1. The summed E-state index contributed by atoms with van der Waals surface area (Å²) in [7, 11) is 0. The molecule has 3 rings (SSSR count). The predicted octanol–water partition coefficient (Wildman–Crippen LogP) is 3.91. The van der Waals surface area contributed by atoms with Gasteiger partial charge >= 0.3 is 6.03 Å². The van der Waals surface area contributed by atoms with E-state index in [-0.39, 0.29) is 6.03 Å². The number of carbonyl (C=O) groups excluding carboxylic acids is 1. The molecule has 2 N–H and O–H groups in total. The van der Waals surface area contributed by atoms with Crippen molar-refractivity contribution >= 4 is 11.7 Å². The highest BCUT2D eigenvalue weighted by Gasteiger charge is 2.15. The first-order valence-electron chi connectivity index (χ1n) is 8.94. The number of urea groups is 1. The highest BCUT2D eigenvalue weighted by molar-refractivity contribution is 5.89. The molecule has 2 amide bonds. The van der Waals surface area contributed by atoms with Crippen molar-refractivity contribution in [3.63, 3.8) is 0 Å². The highest BCUT2D eigenvalue weighted by atomic mass is 16.5. The van der Waals surface area contributed by atoms with Crippen LogP contribution in [0.2, 0.25) is 0 Å². The summed E-state index contributed by atoms with van der Waals surface area (Å²) < 4.78 is 5.90. The van der Waals surface area contributed by atoms with Gasteiger partial charge in [0.2, 0.25) is 0 Å². The van der Waals surface area contributed by atoms with Crippen molar-refractivity contribution in [1.29, 1.82) is 0 Å². The van der Waals surface area contributed by atoms with Gasteiger partial charge in [-0.05, 0) is 48.6 Å². The van der Waals surface area contributed by atoms with Crippen LogP contribution in [0.25, 0.3) is 0 Å². The molecule has 25 heavy (non-hydrogen) atoms. The van der Waals surface area contributed by atoms with Crippen molar-refractivity contribution in [2.75, 3.05) is 11.9 Å². The second kappa shape index (κ2) is 9.18. The van der Waals surface area contributed by atoms with E-state index < -0.39 is 0 Å². The molecule has 0 unspecified atom stereocenters. The summed E-state index contributed by atoms with van der Waals surface area (Å²) in [5.74, 6) is 0. The maximum absolute atomic E-state index is 11.9. The summed E-state index contributed by atoms with van der Waals surface area (Å²) in [5, 5.41) is 5.70. The number of pyridine rings is 1. The Labute approximate surface area is 148 Å². The fraction of sp³-hybridized carbons (Fsp3) is 0.400. The standard InChI is InChI=1S/C20H25N3O2/c24-20(22-13-11-16-4-3-12-21-14-16)23-18-9-7-17(8-10-18)15-25-19-5-1-2-6-19/h3-4,7-10,12,14,19H,1-2,5-6,11,13,15H2,(H2,22,23,24). The minimum absolute atomic E-state index is 0.196. The van der Waals surface area contributed by atoms with Crippen LogP contribution in [0.4, 0.5) is 10.5 Å². The largest absolute Gasteiger partial charge is 0.374 e. The lowest BCUT2D eigenvalue weighted by atomic mass is 10.2. The number of amides is 2. The fourth-order valence-electron chi connectivity index (χ4n) is 3.00. The summed E-state index contributed by atoms with van der Waals surface area (Å²) in [6, 6.07) is 11.5. The molecule has 1 aliphatic rings. The number of anilines is 1. The van der Waals surface area contributed by atoms with Gasteiger partial charge in [0, 0.05) is 24.6 Å². The Bertz CT molecular complexity index is 652. The molecule has 0 saturated heterocycles. The molecule has 5 nitrogen and oxygen atoms in total. The molecule has 2 aromatic rings. The molecule has 1 fully saturated rings. The number of hydrogen-bond donors (Lipinski definition) is 2. The van der Waals surface area contributed by atoms with Gasteiger partial charge in [-0.15, -0.1) is 0 Å². The van der Waals surface area contributed by atoms with Gasteiger partial charge in [0.25, 0.3) is 0 Å². The SMILES string of the molecule is O=C(NCCc1cccnc1)Nc1ccc(COC2CCCC2)cc1. The smallest absolute Gasteiger partial charge is 0.319 e. The first-order valence-corrected chi connectivity index (χ1v) is 8.94. The molecule has 1 aromatic heterocycles. The highest BCUT2D eigenvalue weighted by Crippen LogP contribution is 2.22. The molecule has 0 bridgehead atoms. The van der Waals surface area contributed by atoms with E-state index in [1.165, 1.54) is 25.7 Å². The Hall–Kier alpha value is -2.40. The molecular weight excluding hydrogens is 314 g/mol. The molecule has 1 aromatic carbocycles. The van der Waals surface area contributed by atoms with Crippen LogP contribution >= 0.6 is 0 Å². The summed E-state index contributed by atoms with van der Waals surface area (Å²) in [6.07, 6.45) is 9.66. The third-order valence-electron chi connectivity index (χ3n) is 4.42. The number of aromatic nitrogens is 1. The van der Waals surface area contributed by atoms with Crippen LogP contribution in [0.1, 0.15) is 36.8 Å². The third-order valence-corrected chi connectivity index (χ3v) is 4.42. The van der Waals surface area contributed by atoms with Crippen molar-refractivity contribution in [3.05, 3.63) is 59.9 Å². The number of rotatable bonds is 7. The molecule has 1 heterocycles. The molecule has 1 aliphatic carbocycles. The number of nitrogens with one attached hydrogen (secondary N) is 2. The lowest BCUT2D eigenvalue weighted by Crippen LogP contribution is -2.30. The first kappa shape index (κ1) is 17.4. The third kappa shape index (κ3) is 5.87. The Morgan fingerprint density at radius 1 is 1.12 bits per heavy atom. The van der Waals surface area contributed by atoms with E-state index in [2.05, 4.69) is 15.6 Å². The van der Waals surface area contributed by atoms with Crippen LogP contribution in [0.3, 0.4) is 0 Å². The van der Waals surface area contributed by atoms with E-state index in [4.69, 9.17) is 4.74 Å². The first-order chi connectivity index (χ1) is 12.3. The van der Waals surface area contributed by atoms with E-state index >= 15 is 0 Å². The average Bonchev–Trinajstić information content (AvgIpc) is 3.16. The van der Waals surface area contributed by atoms with Gasteiger partial charge in [-0.1, -0.05) is 31.0 Å². The lowest BCUT2D eigenvalue weighted by molar-refractivity contribution is 0.0457. The van der Waals surface area contributed by atoms with Crippen LogP contribution in [0, 0.1) is 0 Å². The van der Waals surface area contributed by atoms with Gasteiger partial charge in [-0.2, -0.15) is 0 Å². The molecule has 1 saturated carbocycles. The van der Waals surface area contributed by atoms with Gasteiger partial charge in [0.1, 0.15) is 0 Å². The van der Waals surface area contributed by atoms with E-state index in [1.807, 2.05) is 42.6 Å². The zero-order valence-electron chi connectivity index (χ0n) is 14.4. The summed E-state index contributed by atoms with van der Waals surface area (Å²) in [4.78, 5) is 16.0. The molecule has 0 aliphatic heterocycles. The van der Waals surface area contributed by atoms with E-state index in [9.17, 15) is 4.79 Å². The van der Waals surface area contributed by atoms with Gasteiger partial charge in [0.05, 0.1) is 12.7 Å². The minimum Gasteiger partial charge on any atom is -0.374 e. The van der Waals surface area contributed by atoms with Crippen LogP contribution in [0.15, 0.2) is 48.8 Å². The molecule has 0 radical (unpaired) electrons. The van der Waals surface area contributed by atoms with Crippen molar-refractivity contribution in [2.24, 2.45) is 0 Å². The molecule has 0 atom stereocenters. The van der Waals surface area contributed by atoms with Gasteiger partial charge in [-0.25, -0.2) is 4.79 Å². The second-order valence-corrected chi connectivity index (χ2v) is 6.41. The second-order valence-electron chi connectivity index (χ2n) is 6.41. The van der Waals surface area contributed by atoms with Crippen LogP contribution in [-0.2, 0) is 17.8 Å². The fourth-order valence-corrected chi connectivity index (χ4v) is 3.00. The topological polar surface area (TPSA) is 63.2 Å². The summed E-state index contributed by atoms with van der Waals surface area (Å²) >= 11 is 0. The summed E-state index contributed by atoms with van der Waals surface area (Å²) in [6.45, 7) is 1.22. The average molecular weight is 339 g/mol. The summed E-state index contributed by atoms with van der Waals surface area (Å²) in [5.41, 5.74) is 3.02. The number of hydrogen-bond acceptors (Lipinski definition) is 3. The van der Waals surface area contributed by atoms with E-state index in [1.54, 1.807) is 6.20 Å². The number of benzene rings is 1. The van der Waals surface area contributed by atoms with Crippen molar-refractivity contribution < 1.29 is 9.53 Å². The molecular formula is C20H25N3O2. The van der Waals surface area contributed by atoms with E-state index in [0.717, 1.165) is 23.2 Å². The van der Waals surface area contributed by atoms with Gasteiger partial charge < -0.3 is 15.4 Å². The zero-order chi connectivity index (χ0) is 17.3. The quantitative estimate of drug-likeness (QED) is 0.804. The van der Waals surface area contributed by atoms with Crippen LogP contribution in [-0.4, -0.2) is 23.7 Å². The molecule has 132 valence electrons. The van der Waals surface area contributed by atoms with Crippen molar-refractivity contribution in [3.8, 4) is 0 Å². The maximum atomic E-state index is 11.9. The lowest BCUT2D eigenvalue weighted by Gasteiger charge is -2.12. The Kier molecular flexibility index (Phi) is 6.40. The Morgan fingerprint density at radius 2 is 1.92 bits per heavy atom. The van der Waals surface area contributed by atoms with Crippen molar-refractivity contribution in [1.82, 2.24) is 10.3 Å². The molecule has 0 spiro atoms. The van der Waals surface area contributed by atoms with Crippen molar-refractivity contribution in [2.45, 2.75) is 44.8 Å². The zero-order valence-corrected chi connectivity index (χ0v) is 14.4. The monoisotopic (exact) mass is 339 g/mol. The Morgan fingerprint density at radius 3 is 2.64 bits per heavy atom. The van der Waals surface area contributed by atoms with Gasteiger partial charge in [-0.3, -0.25) is 4.98 Å². The predicted molar refractivity (Wildman–Crippen MR) is 98.4 cm³/mol. The normalized spacial score (nSPS) is 14.4. The number of carbonyl (C=O) groups is 1. The van der Waals surface area contributed by atoms with Crippen LogP contribution < -0.4 is 10.6 Å². The maximum Gasteiger partial charge on any atom is 0.319 e. The molecule has 5 heteroatoms.